The number of nitrogens with zero attached hydrogens (tertiary/aromatic N) is 2. The first-order chi connectivity index (χ1) is 15.6. The van der Waals surface area contributed by atoms with E-state index in [4.69, 9.17) is 14.5 Å². The van der Waals surface area contributed by atoms with Crippen molar-refractivity contribution in [1.82, 2.24) is 9.97 Å². The predicted octanol–water partition coefficient (Wildman–Crippen LogP) is 5.26. The summed E-state index contributed by atoms with van der Waals surface area (Å²) in [6, 6.07) is 11.6. The number of benzene rings is 1. The second kappa shape index (κ2) is 9.85. The summed E-state index contributed by atoms with van der Waals surface area (Å²) in [5.41, 5.74) is 2.24. The summed E-state index contributed by atoms with van der Waals surface area (Å²) in [4.78, 5) is 22.0. The topological polar surface area (TPSA) is 85.4 Å². The molecule has 1 aliphatic rings. The van der Waals surface area contributed by atoms with E-state index < -0.39 is 0 Å². The second-order valence-corrected chi connectivity index (χ2v) is 8.13. The van der Waals surface area contributed by atoms with Gasteiger partial charge in [-0.25, -0.2) is 9.97 Å². The van der Waals surface area contributed by atoms with Crippen LogP contribution in [0.1, 0.15) is 39.0 Å². The number of hydrogen-bond donors (Lipinski definition) is 2. The fourth-order valence-electron chi connectivity index (χ4n) is 3.58. The van der Waals surface area contributed by atoms with E-state index in [2.05, 4.69) is 22.5 Å². The maximum Gasteiger partial charge on any atom is 0.228 e. The number of methoxy groups -OCH3 is 2. The third-order valence-electron chi connectivity index (χ3n) is 5.62. The number of unbranched alkanes of at least 4 members (excludes halogenated alkanes) is 2. The first-order valence-electron chi connectivity index (χ1n) is 11.2. The molecule has 0 unspecified atom stereocenters. The van der Waals surface area contributed by atoms with Crippen LogP contribution in [0.2, 0.25) is 0 Å². The fraction of sp³-hybridized carbons (Fsp3) is 0.400. The van der Waals surface area contributed by atoms with Crippen molar-refractivity contribution in [2.24, 2.45) is 5.92 Å². The quantitative estimate of drug-likeness (QED) is 0.423. The van der Waals surface area contributed by atoms with E-state index in [1.165, 1.54) is 12.8 Å². The summed E-state index contributed by atoms with van der Waals surface area (Å²) in [5, 5.41) is 7.28. The third-order valence-corrected chi connectivity index (χ3v) is 5.62. The molecule has 168 valence electrons. The molecule has 7 nitrogen and oxygen atoms in total. The summed E-state index contributed by atoms with van der Waals surface area (Å²) in [6.45, 7) is 3.06. The number of aromatic nitrogens is 2. The molecule has 3 aromatic rings. The number of carbonyl (C=O) groups excluding carboxylic acids is 1. The minimum absolute atomic E-state index is 0.00167. The molecule has 2 N–H and O–H groups in total. The van der Waals surface area contributed by atoms with Gasteiger partial charge in [-0.2, -0.15) is 0 Å². The molecule has 1 aromatic carbocycles. The van der Waals surface area contributed by atoms with Gasteiger partial charge in [0.2, 0.25) is 5.91 Å². The van der Waals surface area contributed by atoms with Crippen molar-refractivity contribution in [2.75, 3.05) is 31.4 Å². The van der Waals surface area contributed by atoms with Gasteiger partial charge in [0.15, 0.2) is 5.65 Å². The van der Waals surface area contributed by atoms with E-state index in [-0.39, 0.29) is 11.8 Å². The van der Waals surface area contributed by atoms with Gasteiger partial charge in [-0.1, -0.05) is 19.8 Å². The van der Waals surface area contributed by atoms with Crippen LogP contribution in [0.15, 0.2) is 36.4 Å². The molecule has 4 rings (SSSR count). The van der Waals surface area contributed by atoms with Gasteiger partial charge in [-0.05, 0) is 55.2 Å². The first-order valence-corrected chi connectivity index (χ1v) is 11.2. The molecule has 0 aliphatic heterocycles. The van der Waals surface area contributed by atoms with Crippen molar-refractivity contribution in [3.8, 4) is 22.6 Å². The normalized spacial score (nSPS) is 13.1. The Bertz CT molecular complexity index is 1090. The largest absolute Gasteiger partial charge is 0.497 e. The molecule has 0 radical (unpaired) electrons. The third kappa shape index (κ3) is 5.10. The lowest BCUT2D eigenvalue weighted by atomic mass is 10.0. The molecule has 0 saturated heterocycles. The number of amides is 1. The molecule has 0 spiro atoms. The fourth-order valence-corrected chi connectivity index (χ4v) is 3.58. The SMILES string of the molecule is CCCCCNc1ccc2cc(-c3cc(OC)cc(OC)c3)c(NC(=O)C3CC3)nc2n1. The smallest absolute Gasteiger partial charge is 0.228 e. The van der Waals surface area contributed by atoms with Crippen molar-refractivity contribution in [3.63, 3.8) is 0 Å². The van der Waals surface area contributed by atoms with Crippen molar-refractivity contribution >= 4 is 28.6 Å². The first kappa shape index (κ1) is 21.9. The lowest BCUT2D eigenvalue weighted by molar-refractivity contribution is -0.117. The molecule has 1 aliphatic carbocycles. The van der Waals surface area contributed by atoms with E-state index >= 15 is 0 Å². The zero-order chi connectivity index (χ0) is 22.5. The molecule has 2 aromatic heterocycles. The summed E-state index contributed by atoms with van der Waals surface area (Å²) < 4.78 is 10.9. The Kier molecular flexibility index (Phi) is 6.73. The molecular weight excluding hydrogens is 404 g/mol. The van der Waals surface area contributed by atoms with Crippen LogP contribution in [0, 0.1) is 5.92 Å². The Morgan fingerprint density at radius 3 is 2.44 bits per heavy atom. The Morgan fingerprint density at radius 2 is 1.78 bits per heavy atom. The molecule has 7 heteroatoms. The van der Waals surface area contributed by atoms with Crippen molar-refractivity contribution in [2.45, 2.75) is 39.0 Å². The Labute approximate surface area is 188 Å². The summed E-state index contributed by atoms with van der Waals surface area (Å²) in [5.74, 6) is 2.70. The van der Waals surface area contributed by atoms with E-state index in [1.807, 2.05) is 36.4 Å². The van der Waals surface area contributed by atoms with E-state index in [0.717, 1.165) is 48.1 Å². The van der Waals surface area contributed by atoms with Crippen LogP contribution in [0.4, 0.5) is 11.6 Å². The second-order valence-electron chi connectivity index (χ2n) is 8.13. The van der Waals surface area contributed by atoms with E-state index in [0.29, 0.717) is 23.0 Å². The summed E-state index contributed by atoms with van der Waals surface area (Å²) in [7, 11) is 3.23. The van der Waals surface area contributed by atoms with Gasteiger partial charge >= 0.3 is 0 Å². The molecule has 0 atom stereocenters. The number of hydrogen-bond acceptors (Lipinski definition) is 6. The molecule has 32 heavy (non-hydrogen) atoms. The molecule has 1 amide bonds. The van der Waals surface area contributed by atoms with Gasteiger partial charge in [-0.3, -0.25) is 4.79 Å². The number of anilines is 2. The average molecular weight is 435 g/mol. The Balaban J connectivity index is 1.74. The minimum Gasteiger partial charge on any atom is -0.497 e. The number of carbonyl (C=O) groups is 1. The maximum atomic E-state index is 12.6. The number of fused-ring (bicyclic) bond motifs is 1. The molecule has 2 heterocycles. The van der Waals surface area contributed by atoms with Crippen molar-refractivity contribution in [3.05, 3.63) is 36.4 Å². The van der Waals surface area contributed by atoms with Gasteiger partial charge in [-0.15, -0.1) is 0 Å². The van der Waals surface area contributed by atoms with Crippen LogP contribution in [-0.4, -0.2) is 36.6 Å². The van der Waals surface area contributed by atoms with Crippen LogP contribution in [0.3, 0.4) is 0 Å². The van der Waals surface area contributed by atoms with Crippen LogP contribution < -0.4 is 20.1 Å². The monoisotopic (exact) mass is 434 g/mol. The van der Waals surface area contributed by atoms with Gasteiger partial charge in [0.05, 0.1) is 14.2 Å². The number of ether oxygens (including phenoxy) is 2. The Morgan fingerprint density at radius 1 is 1.03 bits per heavy atom. The highest BCUT2D eigenvalue weighted by atomic mass is 16.5. The zero-order valence-electron chi connectivity index (χ0n) is 18.9. The predicted molar refractivity (Wildman–Crippen MR) is 127 cm³/mol. The Hall–Kier alpha value is -3.35. The number of rotatable bonds is 10. The van der Waals surface area contributed by atoms with Crippen LogP contribution >= 0.6 is 0 Å². The maximum absolute atomic E-state index is 12.6. The lowest BCUT2D eigenvalue weighted by Crippen LogP contribution is -2.15. The highest BCUT2D eigenvalue weighted by Crippen LogP contribution is 2.37. The molecule has 1 saturated carbocycles. The molecule has 0 bridgehead atoms. The van der Waals surface area contributed by atoms with Crippen LogP contribution in [-0.2, 0) is 4.79 Å². The summed E-state index contributed by atoms with van der Waals surface area (Å²) in [6.07, 6.45) is 5.31. The van der Waals surface area contributed by atoms with Gasteiger partial charge in [0.1, 0.15) is 23.1 Å². The summed E-state index contributed by atoms with van der Waals surface area (Å²) >= 11 is 0. The molecule has 1 fully saturated rings. The highest BCUT2D eigenvalue weighted by Gasteiger charge is 2.30. The minimum atomic E-state index is 0.00167. The lowest BCUT2D eigenvalue weighted by Gasteiger charge is -2.14. The number of pyridine rings is 2. The van der Waals surface area contributed by atoms with Gasteiger partial charge in [0.25, 0.3) is 0 Å². The van der Waals surface area contributed by atoms with E-state index in [1.54, 1.807) is 14.2 Å². The van der Waals surface area contributed by atoms with Crippen molar-refractivity contribution in [1.29, 1.82) is 0 Å². The van der Waals surface area contributed by atoms with Gasteiger partial charge in [0, 0.05) is 29.5 Å². The molecular formula is C25H30N4O3. The zero-order valence-corrected chi connectivity index (χ0v) is 18.9. The van der Waals surface area contributed by atoms with Gasteiger partial charge < -0.3 is 20.1 Å². The van der Waals surface area contributed by atoms with Crippen LogP contribution in [0.25, 0.3) is 22.2 Å². The number of nitrogens with one attached hydrogen (secondary N) is 2. The standard InChI is InChI=1S/C25H30N4O3/c1-4-5-6-11-26-22-10-9-17-14-21(18-12-19(31-2)15-20(13-18)32-3)24(28-23(17)27-22)29-25(30)16-7-8-16/h9-10,12-16H,4-8,11H2,1-3H3,(H2,26,27,28,29,30). The van der Waals surface area contributed by atoms with Crippen molar-refractivity contribution < 1.29 is 14.3 Å². The van der Waals surface area contributed by atoms with E-state index in [9.17, 15) is 4.79 Å². The highest BCUT2D eigenvalue weighted by molar-refractivity contribution is 5.99. The average Bonchev–Trinajstić information content (AvgIpc) is 3.66. The van der Waals surface area contributed by atoms with Crippen LogP contribution in [0.5, 0.6) is 11.5 Å².